The van der Waals surface area contributed by atoms with Gasteiger partial charge in [0.1, 0.15) is 14.2 Å². The number of rotatable bonds is 38. The van der Waals surface area contributed by atoms with Crippen LogP contribution in [0.15, 0.2) is 12.2 Å². The van der Waals surface area contributed by atoms with E-state index in [1.807, 2.05) is 21.1 Å². The molecule has 0 aromatic rings. The lowest BCUT2D eigenvalue weighted by Gasteiger charge is -2.30. The number of esters is 2. The fourth-order valence-electron chi connectivity index (χ4n) is 5.93. The average Bonchev–Trinajstić information content (AvgIpc) is 3.08. The Hall–Kier alpha value is -1.21. The van der Waals surface area contributed by atoms with Crippen LogP contribution in [0.25, 0.3) is 0 Å². The normalized spacial score (nSPS) is 13.8. The Balaban J connectivity index is 4.33. The minimum atomic E-state index is -4.13. The first-order valence-corrected chi connectivity index (χ1v) is 23.0. The number of hydrogen-bond acceptors (Lipinski definition) is 7. The molecule has 1 unspecified atom stereocenters. The highest BCUT2D eigenvalue weighted by atomic mass is 31.2. The lowest BCUT2D eigenvalue weighted by Crippen LogP contribution is -2.38. The van der Waals surface area contributed by atoms with Crippen molar-refractivity contribution in [3.8, 4) is 0 Å². The number of quaternary nitrogens is 1. The first kappa shape index (κ1) is 49.8. The van der Waals surface area contributed by atoms with E-state index in [0.717, 1.165) is 51.4 Å². The van der Waals surface area contributed by atoms with Crippen molar-refractivity contribution in [3.63, 3.8) is 0 Å². The van der Waals surface area contributed by atoms with E-state index in [9.17, 15) is 19.0 Å². The summed E-state index contributed by atoms with van der Waals surface area (Å²) in [6.07, 6.45) is 35.4. The molecular formula is C42H82NO7P. The third kappa shape index (κ3) is 38.3. The minimum Gasteiger partial charge on any atom is -0.778 e. The quantitative estimate of drug-likeness (QED) is 0.0204. The second-order valence-electron chi connectivity index (χ2n) is 15.8. The van der Waals surface area contributed by atoms with Crippen LogP contribution in [0.1, 0.15) is 194 Å². The Bertz CT molecular complexity index is 889. The van der Waals surface area contributed by atoms with E-state index in [1.54, 1.807) is 0 Å². The SMILES string of the molecule is CCCCCCCC/C=C\CCCCCCCC(=O)O[C@H](COC(=O)CCCCCCCCCCCCCCC)COP(=O)([O-])CC[N+](C)(C)C. The highest BCUT2D eigenvalue weighted by molar-refractivity contribution is 7.51. The molecule has 0 N–H and O–H groups in total. The topological polar surface area (TPSA) is 102 Å². The van der Waals surface area contributed by atoms with Gasteiger partial charge in [-0.05, 0) is 38.5 Å². The molecule has 0 aliphatic rings. The van der Waals surface area contributed by atoms with Crippen molar-refractivity contribution in [3.05, 3.63) is 12.2 Å². The van der Waals surface area contributed by atoms with Gasteiger partial charge in [-0.2, -0.15) is 0 Å². The predicted molar refractivity (Wildman–Crippen MR) is 212 cm³/mol. The summed E-state index contributed by atoms with van der Waals surface area (Å²) in [7, 11) is 1.61. The molecule has 2 atom stereocenters. The van der Waals surface area contributed by atoms with Crippen LogP contribution < -0.4 is 4.89 Å². The number of ether oxygens (including phenoxy) is 2. The molecule has 0 heterocycles. The van der Waals surface area contributed by atoms with Gasteiger partial charge in [-0.1, -0.05) is 154 Å². The number of nitrogens with zero attached hydrogens (tertiary/aromatic N) is 1. The van der Waals surface area contributed by atoms with Gasteiger partial charge in [0.25, 0.3) is 0 Å². The van der Waals surface area contributed by atoms with E-state index in [-0.39, 0.29) is 31.8 Å². The Labute approximate surface area is 315 Å². The third-order valence-electron chi connectivity index (χ3n) is 9.36. The lowest BCUT2D eigenvalue weighted by molar-refractivity contribution is -0.868. The van der Waals surface area contributed by atoms with Crippen molar-refractivity contribution < 1.29 is 37.5 Å². The summed E-state index contributed by atoms with van der Waals surface area (Å²) in [5.74, 6) is -0.771. The van der Waals surface area contributed by atoms with Crippen LogP contribution >= 0.6 is 7.60 Å². The molecule has 0 bridgehead atoms. The van der Waals surface area contributed by atoms with Gasteiger partial charge in [0, 0.05) is 12.8 Å². The summed E-state index contributed by atoms with van der Waals surface area (Å²) in [4.78, 5) is 37.6. The molecule has 0 aliphatic heterocycles. The molecule has 0 saturated carbocycles. The van der Waals surface area contributed by atoms with Gasteiger partial charge in [0.05, 0.1) is 40.5 Å². The molecule has 0 aliphatic carbocycles. The second kappa shape index (κ2) is 34.6. The van der Waals surface area contributed by atoms with E-state index in [2.05, 4.69) is 26.0 Å². The average molecular weight is 744 g/mol. The Morgan fingerprint density at radius 2 is 0.980 bits per heavy atom. The van der Waals surface area contributed by atoms with Gasteiger partial charge in [-0.25, -0.2) is 0 Å². The first-order valence-electron chi connectivity index (χ1n) is 21.2. The van der Waals surface area contributed by atoms with Crippen molar-refractivity contribution in [2.24, 2.45) is 0 Å². The molecule has 0 radical (unpaired) electrons. The second-order valence-corrected chi connectivity index (χ2v) is 17.7. The molecule has 9 heteroatoms. The van der Waals surface area contributed by atoms with E-state index in [4.69, 9.17) is 14.0 Å². The maximum atomic E-state index is 12.6. The standard InChI is InChI=1S/C42H82NO7P/c1-6-8-10-12-14-16-18-20-21-23-25-27-29-31-33-35-42(45)50-40(39-49-51(46,47)37-36-43(3,4)5)38-48-41(44)34-32-30-28-26-24-22-19-17-15-13-11-9-7-2/h20-21,40H,6-19,22-39H2,1-5H3/b21-20-/t40-/m1/s1. The van der Waals surface area contributed by atoms with Crippen molar-refractivity contribution in [1.29, 1.82) is 0 Å². The molecule has 0 fully saturated rings. The number of carbonyl (C=O) groups excluding carboxylic acids is 2. The Morgan fingerprint density at radius 3 is 1.41 bits per heavy atom. The van der Waals surface area contributed by atoms with Crippen LogP contribution in [0.2, 0.25) is 0 Å². The van der Waals surface area contributed by atoms with Gasteiger partial charge in [-0.3, -0.25) is 9.59 Å². The molecule has 0 spiro atoms. The zero-order chi connectivity index (χ0) is 37.9. The number of carbonyl (C=O) groups is 2. The number of allylic oxidation sites excluding steroid dienone is 2. The van der Waals surface area contributed by atoms with Crippen LogP contribution in [-0.2, 0) is 28.2 Å². The van der Waals surface area contributed by atoms with Crippen LogP contribution in [0, 0.1) is 0 Å². The van der Waals surface area contributed by atoms with Crippen LogP contribution in [0.5, 0.6) is 0 Å². The fraction of sp³-hybridized carbons (Fsp3) is 0.905. The Morgan fingerprint density at radius 1 is 0.588 bits per heavy atom. The summed E-state index contributed by atoms with van der Waals surface area (Å²) in [6.45, 7) is 4.35. The molecule has 302 valence electrons. The Kier molecular flexibility index (Phi) is 33.7. The van der Waals surface area contributed by atoms with Crippen LogP contribution in [0.3, 0.4) is 0 Å². The molecule has 0 amide bonds. The summed E-state index contributed by atoms with van der Waals surface area (Å²) >= 11 is 0. The van der Waals surface area contributed by atoms with Gasteiger partial charge in [0.15, 0.2) is 6.10 Å². The fourth-order valence-corrected chi connectivity index (χ4v) is 7.30. The lowest BCUT2D eigenvalue weighted by atomic mass is 10.0. The van der Waals surface area contributed by atoms with Gasteiger partial charge in [0.2, 0.25) is 0 Å². The van der Waals surface area contributed by atoms with Crippen LogP contribution in [-0.4, -0.2) is 69.6 Å². The largest absolute Gasteiger partial charge is 0.778 e. The van der Waals surface area contributed by atoms with E-state index >= 15 is 0 Å². The van der Waals surface area contributed by atoms with E-state index in [1.165, 1.54) is 109 Å². The monoisotopic (exact) mass is 744 g/mol. The summed E-state index contributed by atoms with van der Waals surface area (Å²) in [5.41, 5.74) is 0. The zero-order valence-electron chi connectivity index (χ0n) is 34.1. The molecule has 51 heavy (non-hydrogen) atoms. The maximum Gasteiger partial charge on any atom is 0.306 e. The van der Waals surface area contributed by atoms with Crippen molar-refractivity contribution in [1.82, 2.24) is 0 Å². The first-order chi connectivity index (χ1) is 24.5. The van der Waals surface area contributed by atoms with Gasteiger partial charge >= 0.3 is 11.9 Å². The molecular weight excluding hydrogens is 661 g/mol. The summed E-state index contributed by atoms with van der Waals surface area (Å²) in [5, 5.41) is 0. The third-order valence-corrected chi connectivity index (χ3v) is 10.6. The van der Waals surface area contributed by atoms with E-state index in [0.29, 0.717) is 23.9 Å². The van der Waals surface area contributed by atoms with Gasteiger partial charge < -0.3 is 27.9 Å². The van der Waals surface area contributed by atoms with Gasteiger partial charge in [-0.15, -0.1) is 0 Å². The minimum absolute atomic E-state index is 0.120. The highest BCUT2D eigenvalue weighted by Crippen LogP contribution is 2.37. The molecule has 0 saturated heterocycles. The predicted octanol–water partition coefficient (Wildman–Crippen LogP) is 11.2. The smallest absolute Gasteiger partial charge is 0.306 e. The highest BCUT2D eigenvalue weighted by Gasteiger charge is 2.22. The molecule has 0 rings (SSSR count). The van der Waals surface area contributed by atoms with Crippen LogP contribution in [0.4, 0.5) is 0 Å². The number of hydrogen-bond donors (Lipinski definition) is 0. The zero-order valence-corrected chi connectivity index (χ0v) is 35.0. The number of unbranched alkanes of at least 4 members (excludes halogenated alkanes) is 23. The summed E-state index contributed by atoms with van der Waals surface area (Å²) in [6, 6.07) is 0. The maximum absolute atomic E-state index is 12.6. The van der Waals surface area contributed by atoms with E-state index < -0.39 is 19.7 Å². The van der Waals surface area contributed by atoms with Crippen molar-refractivity contribution >= 4 is 19.5 Å². The van der Waals surface area contributed by atoms with Crippen molar-refractivity contribution in [2.75, 3.05) is 47.1 Å². The van der Waals surface area contributed by atoms with Crippen molar-refractivity contribution in [2.45, 2.75) is 200 Å². The molecule has 0 aromatic heterocycles. The molecule has 8 nitrogen and oxygen atoms in total. The molecule has 0 aromatic carbocycles. The summed E-state index contributed by atoms with van der Waals surface area (Å²) < 4.78 is 29.3.